The Bertz CT molecular complexity index is 243. The Labute approximate surface area is 109 Å². The molecule has 0 heteroatoms. The number of hydrogen-bond acceptors (Lipinski definition) is 0. The molecule has 0 bridgehead atoms. The molecule has 0 atom stereocenters. The summed E-state index contributed by atoms with van der Waals surface area (Å²) in [6.07, 6.45) is 12.6. The molecule has 0 aliphatic rings. The first-order chi connectivity index (χ1) is 8.21. The van der Waals surface area contributed by atoms with E-state index in [4.69, 9.17) is 0 Å². The van der Waals surface area contributed by atoms with Crippen molar-refractivity contribution in [2.45, 2.75) is 86.0 Å². The van der Waals surface area contributed by atoms with Gasteiger partial charge in [0.2, 0.25) is 0 Å². The van der Waals surface area contributed by atoms with Gasteiger partial charge in [-0.05, 0) is 43.8 Å². The van der Waals surface area contributed by atoms with Crippen LogP contribution < -0.4 is 0 Å². The molecule has 0 aliphatic heterocycles. The maximum atomic E-state index is 2.49. The SMILES string of the molecule is CCCC=C(CCC)/C(CCC)=C(\C)CCC. The van der Waals surface area contributed by atoms with E-state index in [1.165, 1.54) is 51.4 Å². The maximum absolute atomic E-state index is 2.49. The first-order valence-electron chi connectivity index (χ1n) is 7.59. The van der Waals surface area contributed by atoms with Crippen molar-refractivity contribution in [3.05, 3.63) is 22.8 Å². The van der Waals surface area contributed by atoms with Gasteiger partial charge in [-0.15, -0.1) is 0 Å². The quantitative estimate of drug-likeness (QED) is 0.405. The molecule has 0 nitrogen and oxygen atoms in total. The normalized spacial score (nSPS) is 13.8. The highest BCUT2D eigenvalue weighted by atomic mass is 14.1. The van der Waals surface area contributed by atoms with Crippen molar-refractivity contribution in [3.63, 3.8) is 0 Å². The number of allylic oxidation sites excluding steroid dienone is 4. The van der Waals surface area contributed by atoms with Crippen LogP contribution in [-0.2, 0) is 0 Å². The molecule has 0 saturated carbocycles. The zero-order chi connectivity index (χ0) is 13.1. The van der Waals surface area contributed by atoms with E-state index in [9.17, 15) is 0 Å². The molecule has 0 N–H and O–H groups in total. The zero-order valence-electron chi connectivity index (χ0n) is 12.7. The molecule has 0 spiro atoms. The van der Waals surface area contributed by atoms with Gasteiger partial charge in [0.15, 0.2) is 0 Å². The summed E-state index contributed by atoms with van der Waals surface area (Å²) in [5, 5.41) is 0. The van der Waals surface area contributed by atoms with Crippen LogP contribution in [0.1, 0.15) is 86.0 Å². The van der Waals surface area contributed by atoms with Crippen LogP contribution in [0.5, 0.6) is 0 Å². The van der Waals surface area contributed by atoms with Crippen molar-refractivity contribution in [1.82, 2.24) is 0 Å². The second-order valence-corrected chi connectivity index (χ2v) is 5.03. The number of unbranched alkanes of at least 4 members (excludes halogenated alkanes) is 1. The summed E-state index contributed by atoms with van der Waals surface area (Å²) in [5.74, 6) is 0. The highest BCUT2D eigenvalue weighted by Gasteiger charge is 2.07. The molecule has 0 saturated heterocycles. The van der Waals surface area contributed by atoms with Gasteiger partial charge in [-0.2, -0.15) is 0 Å². The molecule has 0 aromatic rings. The largest absolute Gasteiger partial charge is 0.0811 e. The average Bonchev–Trinajstić information content (AvgIpc) is 2.32. The zero-order valence-corrected chi connectivity index (χ0v) is 12.7. The van der Waals surface area contributed by atoms with Crippen LogP contribution in [0.2, 0.25) is 0 Å². The van der Waals surface area contributed by atoms with Gasteiger partial charge in [0.25, 0.3) is 0 Å². The first kappa shape index (κ1) is 16.5. The van der Waals surface area contributed by atoms with Gasteiger partial charge >= 0.3 is 0 Å². The summed E-state index contributed by atoms with van der Waals surface area (Å²) in [6.45, 7) is 11.5. The van der Waals surface area contributed by atoms with Gasteiger partial charge in [0, 0.05) is 0 Å². The lowest BCUT2D eigenvalue weighted by molar-refractivity contribution is 0.803. The average molecular weight is 236 g/mol. The predicted molar refractivity (Wildman–Crippen MR) is 80.4 cm³/mol. The molecule has 100 valence electrons. The predicted octanol–water partition coefficient (Wildman–Crippen LogP) is 6.43. The minimum absolute atomic E-state index is 1.24. The van der Waals surface area contributed by atoms with Gasteiger partial charge in [-0.1, -0.05) is 65.0 Å². The fourth-order valence-electron chi connectivity index (χ4n) is 2.39. The molecular formula is C17H32. The van der Waals surface area contributed by atoms with Gasteiger partial charge < -0.3 is 0 Å². The lowest BCUT2D eigenvalue weighted by Crippen LogP contribution is -1.95. The third kappa shape index (κ3) is 6.71. The molecule has 0 rings (SSSR count). The van der Waals surface area contributed by atoms with Crippen molar-refractivity contribution in [3.8, 4) is 0 Å². The third-order valence-electron chi connectivity index (χ3n) is 3.23. The van der Waals surface area contributed by atoms with Crippen molar-refractivity contribution >= 4 is 0 Å². The van der Waals surface area contributed by atoms with E-state index >= 15 is 0 Å². The van der Waals surface area contributed by atoms with Crippen LogP contribution in [-0.4, -0.2) is 0 Å². The van der Waals surface area contributed by atoms with Crippen molar-refractivity contribution in [2.24, 2.45) is 0 Å². The molecular weight excluding hydrogens is 204 g/mol. The molecule has 0 amide bonds. The summed E-state index contributed by atoms with van der Waals surface area (Å²) in [5.41, 5.74) is 4.94. The van der Waals surface area contributed by atoms with Gasteiger partial charge in [-0.3, -0.25) is 0 Å². The minimum atomic E-state index is 1.24. The van der Waals surface area contributed by atoms with Gasteiger partial charge in [0.05, 0.1) is 0 Å². The summed E-state index contributed by atoms with van der Waals surface area (Å²) in [6, 6.07) is 0. The third-order valence-corrected chi connectivity index (χ3v) is 3.23. The topological polar surface area (TPSA) is 0 Å². The van der Waals surface area contributed by atoms with Crippen LogP contribution >= 0.6 is 0 Å². The fraction of sp³-hybridized carbons (Fsp3) is 0.765. The molecule has 0 heterocycles. The number of hydrogen-bond donors (Lipinski definition) is 0. The summed E-state index contributed by atoms with van der Waals surface area (Å²) < 4.78 is 0. The van der Waals surface area contributed by atoms with Crippen LogP contribution in [0.25, 0.3) is 0 Å². The standard InChI is InChI=1S/C17H32/c1-6-10-14-16(12-8-3)17(13-9-4)15(5)11-7-2/h14H,6-13H2,1-5H3/b16-14?,17-15+. The van der Waals surface area contributed by atoms with Crippen molar-refractivity contribution < 1.29 is 0 Å². The maximum Gasteiger partial charge on any atom is -0.0279 e. The van der Waals surface area contributed by atoms with E-state index in [0.29, 0.717) is 0 Å². The van der Waals surface area contributed by atoms with Crippen LogP contribution in [0.15, 0.2) is 22.8 Å². The summed E-state index contributed by atoms with van der Waals surface area (Å²) in [7, 11) is 0. The second kappa shape index (κ2) is 10.6. The highest BCUT2D eigenvalue weighted by Crippen LogP contribution is 2.27. The Kier molecular flexibility index (Phi) is 10.3. The Morgan fingerprint density at radius 2 is 1.35 bits per heavy atom. The smallest absolute Gasteiger partial charge is 0.0279 e. The van der Waals surface area contributed by atoms with Gasteiger partial charge in [0.1, 0.15) is 0 Å². The highest BCUT2D eigenvalue weighted by molar-refractivity contribution is 5.34. The van der Waals surface area contributed by atoms with Crippen LogP contribution in [0.4, 0.5) is 0 Å². The van der Waals surface area contributed by atoms with E-state index in [1.54, 1.807) is 16.7 Å². The Balaban J connectivity index is 5.00. The monoisotopic (exact) mass is 236 g/mol. The lowest BCUT2D eigenvalue weighted by Gasteiger charge is -2.15. The van der Waals surface area contributed by atoms with E-state index in [1.807, 2.05) is 0 Å². The van der Waals surface area contributed by atoms with Crippen molar-refractivity contribution in [2.75, 3.05) is 0 Å². The molecule has 0 aromatic heterocycles. The molecule has 0 fully saturated rings. The molecule has 0 aromatic carbocycles. The Hall–Kier alpha value is -0.520. The summed E-state index contributed by atoms with van der Waals surface area (Å²) in [4.78, 5) is 0. The van der Waals surface area contributed by atoms with Crippen LogP contribution in [0, 0.1) is 0 Å². The Morgan fingerprint density at radius 1 is 0.765 bits per heavy atom. The second-order valence-electron chi connectivity index (χ2n) is 5.03. The first-order valence-corrected chi connectivity index (χ1v) is 7.59. The molecule has 0 radical (unpaired) electrons. The summed E-state index contributed by atoms with van der Waals surface area (Å²) >= 11 is 0. The van der Waals surface area contributed by atoms with Crippen molar-refractivity contribution in [1.29, 1.82) is 0 Å². The van der Waals surface area contributed by atoms with E-state index < -0.39 is 0 Å². The minimum Gasteiger partial charge on any atom is -0.0811 e. The van der Waals surface area contributed by atoms with Crippen LogP contribution in [0.3, 0.4) is 0 Å². The van der Waals surface area contributed by atoms with E-state index in [2.05, 4.69) is 40.7 Å². The molecule has 0 unspecified atom stereocenters. The Morgan fingerprint density at radius 3 is 1.82 bits per heavy atom. The van der Waals surface area contributed by atoms with Gasteiger partial charge in [-0.25, -0.2) is 0 Å². The molecule has 17 heavy (non-hydrogen) atoms. The van der Waals surface area contributed by atoms with E-state index in [-0.39, 0.29) is 0 Å². The van der Waals surface area contributed by atoms with E-state index in [0.717, 1.165) is 0 Å². The molecule has 0 aliphatic carbocycles. The fourth-order valence-corrected chi connectivity index (χ4v) is 2.39. The number of rotatable bonds is 9. The lowest BCUT2D eigenvalue weighted by atomic mass is 9.91.